The Balaban J connectivity index is 2.50. The molecule has 0 saturated carbocycles. The molecule has 5 heteroatoms. The van der Waals surface area contributed by atoms with E-state index in [9.17, 15) is 8.42 Å². The van der Waals surface area contributed by atoms with Crippen molar-refractivity contribution in [2.75, 3.05) is 11.8 Å². The minimum absolute atomic E-state index is 0.175. The van der Waals surface area contributed by atoms with Crippen LogP contribution in [-0.2, 0) is 10.0 Å². The maximum Gasteiger partial charge on any atom is 0.265 e. The Bertz CT molecular complexity index is 709. The highest BCUT2D eigenvalue weighted by Crippen LogP contribution is 2.30. The van der Waals surface area contributed by atoms with Gasteiger partial charge in [0.2, 0.25) is 0 Å². The van der Waals surface area contributed by atoms with Gasteiger partial charge in [0.1, 0.15) is 10.6 Å². The fourth-order valence-corrected chi connectivity index (χ4v) is 3.56. The number of para-hydroxylation sites is 1. The molecule has 0 bridgehead atoms. The Morgan fingerprint density at radius 1 is 1.05 bits per heavy atom. The number of aryl methyl sites for hydroxylation is 2. The van der Waals surface area contributed by atoms with E-state index in [0.717, 1.165) is 5.56 Å². The molecule has 0 radical (unpaired) electrons. The van der Waals surface area contributed by atoms with E-state index in [-0.39, 0.29) is 4.90 Å². The third kappa shape index (κ3) is 2.93. The average Bonchev–Trinajstić information content (AvgIpc) is 2.37. The highest BCUT2D eigenvalue weighted by atomic mass is 32.2. The summed E-state index contributed by atoms with van der Waals surface area (Å²) < 4.78 is 32.8. The summed E-state index contributed by atoms with van der Waals surface area (Å²) in [7, 11) is -2.21. The zero-order valence-electron chi connectivity index (χ0n) is 11.7. The lowest BCUT2D eigenvalue weighted by Crippen LogP contribution is -2.15. The Kier molecular flexibility index (Phi) is 3.99. The molecule has 20 heavy (non-hydrogen) atoms. The first-order valence-electron chi connectivity index (χ1n) is 6.17. The summed E-state index contributed by atoms with van der Waals surface area (Å²) >= 11 is 0. The highest BCUT2D eigenvalue weighted by Gasteiger charge is 2.22. The van der Waals surface area contributed by atoms with Crippen molar-refractivity contribution < 1.29 is 13.2 Å². The summed E-state index contributed by atoms with van der Waals surface area (Å²) in [4.78, 5) is 0.175. The molecule has 0 unspecified atom stereocenters. The molecule has 0 aliphatic heterocycles. The summed E-state index contributed by atoms with van der Waals surface area (Å²) in [6.45, 7) is 3.66. The van der Waals surface area contributed by atoms with E-state index in [0.29, 0.717) is 17.0 Å². The molecule has 0 saturated heterocycles. The molecule has 106 valence electrons. The zero-order chi connectivity index (χ0) is 14.8. The van der Waals surface area contributed by atoms with Gasteiger partial charge in [-0.2, -0.15) is 0 Å². The van der Waals surface area contributed by atoms with Crippen LogP contribution in [0.15, 0.2) is 47.4 Å². The van der Waals surface area contributed by atoms with Gasteiger partial charge < -0.3 is 4.74 Å². The largest absolute Gasteiger partial charge is 0.495 e. The van der Waals surface area contributed by atoms with Crippen LogP contribution >= 0.6 is 0 Å². The van der Waals surface area contributed by atoms with Gasteiger partial charge in [0.15, 0.2) is 0 Å². The van der Waals surface area contributed by atoms with Crippen molar-refractivity contribution in [1.82, 2.24) is 0 Å². The molecular weight excluding hydrogens is 274 g/mol. The fourth-order valence-electron chi connectivity index (χ4n) is 2.12. The van der Waals surface area contributed by atoms with Crippen molar-refractivity contribution in [2.45, 2.75) is 18.7 Å². The van der Waals surface area contributed by atoms with Crippen LogP contribution in [0.25, 0.3) is 0 Å². The molecule has 0 aromatic heterocycles. The van der Waals surface area contributed by atoms with Crippen LogP contribution in [-0.4, -0.2) is 15.5 Å². The van der Waals surface area contributed by atoms with Crippen LogP contribution in [0.4, 0.5) is 5.69 Å². The number of sulfonamides is 1. The first-order chi connectivity index (χ1) is 9.44. The van der Waals surface area contributed by atoms with Gasteiger partial charge in [-0.05, 0) is 43.2 Å². The third-order valence-electron chi connectivity index (χ3n) is 2.90. The van der Waals surface area contributed by atoms with E-state index >= 15 is 0 Å². The molecule has 0 spiro atoms. The summed E-state index contributed by atoms with van der Waals surface area (Å²) in [6.07, 6.45) is 0. The second-order valence-corrected chi connectivity index (χ2v) is 6.20. The minimum Gasteiger partial charge on any atom is -0.495 e. The molecule has 4 nitrogen and oxygen atoms in total. The summed E-state index contributed by atoms with van der Waals surface area (Å²) in [6, 6.07) is 12.3. The number of methoxy groups -OCH3 is 1. The van der Waals surface area contributed by atoms with Crippen molar-refractivity contribution in [3.05, 3.63) is 53.6 Å². The van der Waals surface area contributed by atoms with Gasteiger partial charge >= 0.3 is 0 Å². The number of anilines is 1. The van der Waals surface area contributed by atoms with Gasteiger partial charge in [-0.25, -0.2) is 8.42 Å². The topological polar surface area (TPSA) is 55.4 Å². The lowest BCUT2D eigenvalue weighted by molar-refractivity contribution is 0.402. The van der Waals surface area contributed by atoms with E-state index in [1.54, 1.807) is 37.3 Å². The first-order valence-corrected chi connectivity index (χ1v) is 7.65. The van der Waals surface area contributed by atoms with Crippen LogP contribution in [0.5, 0.6) is 5.75 Å². The van der Waals surface area contributed by atoms with Gasteiger partial charge in [-0.15, -0.1) is 0 Å². The highest BCUT2D eigenvalue weighted by molar-refractivity contribution is 7.92. The van der Waals surface area contributed by atoms with Gasteiger partial charge in [-0.1, -0.05) is 24.3 Å². The second-order valence-electron chi connectivity index (χ2n) is 4.58. The number of rotatable bonds is 4. The number of benzene rings is 2. The zero-order valence-corrected chi connectivity index (χ0v) is 12.5. The number of ether oxygens (including phenoxy) is 1. The molecule has 2 rings (SSSR count). The van der Waals surface area contributed by atoms with Gasteiger partial charge in [0.25, 0.3) is 10.0 Å². The molecule has 0 fully saturated rings. The van der Waals surface area contributed by atoms with Crippen molar-refractivity contribution in [3.63, 3.8) is 0 Å². The van der Waals surface area contributed by atoms with E-state index in [1.165, 1.54) is 7.11 Å². The second kappa shape index (κ2) is 5.54. The Morgan fingerprint density at radius 3 is 2.30 bits per heavy atom. The third-order valence-corrected chi connectivity index (χ3v) is 4.46. The van der Waals surface area contributed by atoms with Crippen molar-refractivity contribution >= 4 is 15.7 Å². The van der Waals surface area contributed by atoms with Crippen LogP contribution in [0.3, 0.4) is 0 Å². The maximum atomic E-state index is 12.5. The minimum atomic E-state index is -3.68. The lowest BCUT2D eigenvalue weighted by atomic mass is 10.1. The molecule has 0 heterocycles. The maximum absolute atomic E-state index is 12.5. The predicted octanol–water partition coefficient (Wildman–Crippen LogP) is 3.11. The van der Waals surface area contributed by atoms with Crippen molar-refractivity contribution in [2.24, 2.45) is 0 Å². The summed E-state index contributed by atoms with van der Waals surface area (Å²) in [5, 5.41) is 0. The molecule has 0 aliphatic carbocycles. The predicted molar refractivity (Wildman–Crippen MR) is 79.7 cm³/mol. The Morgan fingerprint density at radius 2 is 1.70 bits per heavy atom. The Labute approximate surface area is 119 Å². The van der Waals surface area contributed by atoms with E-state index < -0.39 is 10.0 Å². The molecular formula is C15H17NO3S. The van der Waals surface area contributed by atoms with E-state index in [2.05, 4.69) is 4.72 Å². The van der Waals surface area contributed by atoms with Gasteiger partial charge in [0.05, 0.1) is 7.11 Å². The number of nitrogens with one attached hydrogen (secondary N) is 1. The summed E-state index contributed by atoms with van der Waals surface area (Å²) in [5.74, 6) is 0.353. The fraction of sp³-hybridized carbons (Fsp3) is 0.200. The van der Waals surface area contributed by atoms with Gasteiger partial charge in [-0.3, -0.25) is 4.72 Å². The molecule has 2 aromatic carbocycles. The quantitative estimate of drug-likeness (QED) is 0.941. The van der Waals surface area contributed by atoms with Crippen LogP contribution in [0.2, 0.25) is 0 Å². The van der Waals surface area contributed by atoms with Crippen molar-refractivity contribution in [1.29, 1.82) is 0 Å². The average molecular weight is 291 g/mol. The van der Waals surface area contributed by atoms with Crippen LogP contribution < -0.4 is 9.46 Å². The van der Waals surface area contributed by atoms with Crippen LogP contribution in [0.1, 0.15) is 11.1 Å². The Hall–Kier alpha value is -2.01. The molecule has 0 atom stereocenters. The van der Waals surface area contributed by atoms with Crippen molar-refractivity contribution in [3.8, 4) is 5.75 Å². The first kappa shape index (κ1) is 14.4. The van der Waals surface area contributed by atoms with Crippen LogP contribution in [0, 0.1) is 13.8 Å². The molecule has 2 aromatic rings. The number of hydrogen-bond acceptors (Lipinski definition) is 3. The van der Waals surface area contributed by atoms with E-state index in [1.807, 2.05) is 19.1 Å². The molecule has 0 aliphatic rings. The lowest BCUT2D eigenvalue weighted by Gasteiger charge is -2.14. The number of hydrogen-bond donors (Lipinski definition) is 1. The normalized spacial score (nSPS) is 11.2. The summed E-state index contributed by atoms with van der Waals surface area (Å²) in [5.41, 5.74) is 2.14. The standard InChI is InChI=1S/C15H17NO3S/c1-11-9-12(2)15(14(10-11)19-3)20(17,18)16-13-7-5-4-6-8-13/h4-10,16H,1-3H3. The molecule has 1 N–H and O–H groups in total. The SMILES string of the molecule is COc1cc(C)cc(C)c1S(=O)(=O)Nc1ccccc1. The van der Waals surface area contributed by atoms with Gasteiger partial charge in [0, 0.05) is 5.69 Å². The monoisotopic (exact) mass is 291 g/mol. The molecule has 0 amide bonds. The smallest absolute Gasteiger partial charge is 0.265 e. The van der Waals surface area contributed by atoms with E-state index in [4.69, 9.17) is 4.74 Å².